The highest BCUT2D eigenvalue weighted by atomic mass is 35.5. The van der Waals surface area contributed by atoms with E-state index in [1.54, 1.807) is 29.4 Å². The second-order valence-electron chi connectivity index (χ2n) is 5.80. The van der Waals surface area contributed by atoms with E-state index >= 15 is 0 Å². The molecule has 6 heteroatoms. The molecule has 3 rings (SSSR count). The molecule has 0 saturated heterocycles. The third kappa shape index (κ3) is 4.00. The lowest BCUT2D eigenvalue weighted by atomic mass is 10.1. The number of carbonyl (C=O) groups is 1. The molecule has 2 aromatic heterocycles. The van der Waals surface area contributed by atoms with Crippen molar-refractivity contribution in [3.63, 3.8) is 0 Å². The second kappa shape index (κ2) is 7.95. The van der Waals surface area contributed by atoms with E-state index < -0.39 is 0 Å². The Hall–Kier alpha value is -1.95. The number of benzene rings is 1. The molecule has 2 heterocycles. The average Bonchev–Trinajstić information content (AvgIpc) is 3.11. The number of para-hydroxylation sites is 1. The van der Waals surface area contributed by atoms with Crippen LogP contribution in [0.15, 0.2) is 41.1 Å². The van der Waals surface area contributed by atoms with Gasteiger partial charge in [-0.15, -0.1) is 0 Å². The Bertz CT molecular complexity index is 881. The van der Waals surface area contributed by atoms with Crippen LogP contribution < -0.4 is 0 Å². The van der Waals surface area contributed by atoms with E-state index in [4.69, 9.17) is 16.3 Å². The van der Waals surface area contributed by atoms with E-state index in [1.807, 2.05) is 36.6 Å². The van der Waals surface area contributed by atoms with Crippen molar-refractivity contribution in [3.8, 4) is 0 Å². The van der Waals surface area contributed by atoms with Gasteiger partial charge in [0.1, 0.15) is 0 Å². The van der Waals surface area contributed by atoms with E-state index in [0.29, 0.717) is 35.8 Å². The van der Waals surface area contributed by atoms with Crippen molar-refractivity contribution in [1.29, 1.82) is 0 Å². The van der Waals surface area contributed by atoms with Crippen molar-refractivity contribution in [2.45, 2.75) is 13.5 Å². The molecular weight excluding hydrogens is 356 g/mol. The number of ether oxygens (including phenoxy) is 1. The van der Waals surface area contributed by atoms with Gasteiger partial charge in [-0.2, -0.15) is 11.3 Å². The summed E-state index contributed by atoms with van der Waals surface area (Å²) in [4.78, 5) is 19.6. The molecule has 25 heavy (non-hydrogen) atoms. The number of thiophene rings is 1. The van der Waals surface area contributed by atoms with Crippen molar-refractivity contribution >= 4 is 39.7 Å². The summed E-state index contributed by atoms with van der Waals surface area (Å²) in [5, 5.41) is 5.40. The predicted molar refractivity (Wildman–Crippen MR) is 102 cm³/mol. The Morgan fingerprint density at radius 1 is 1.36 bits per heavy atom. The van der Waals surface area contributed by atoms with Gasteiger partial charge in [0.15, 0.2) is 0 Å². The molecule has 1 aromatic carbocycles. The van der Waals surface area contributed by atoms with Gasteiger partial charge in [-0.25, -0.2) is 0 Å². The maximum absolute atomic E-state index is 13.3. The van der Waals surface area contributed by atoms with Gasteiger partial charge in [0.05, 0.1) is 22.7 Å². The van der Waals surface area contributed by atoms with Crippen molar-refractivity contribution in [1.82, 2.24) is 9.88 Å². The molecule has 4 nitrogen and oxygen atoms in total. The van der Waals surface area contributed by atoms with E-state index in [0.717, 1.165) is 16.6 Å². The van der Waals surface area contributed by atoms with Gasteiger partial charge in [0.2, 0.25) is 0 Å². The number of rotatable bonds is 6. The molecule has 0 unspecified atom stereocenters. The lowest BCUT2D eigenvalue weighted by molar-refractivity contribution is 0.0682. The quantitative estimate of drug-likeness (QED) is 0.635. The number of pyridine rings is 1. The van der Waals surface area contributed by atoms with Gasteiger partial charge in [-0.3, -0.25) is 9.78 Å². The zero-order chi connectivity index (χ0) is 17.8. The molecule has 0 saturated carbocycles. The molecule has 3 aromatic rings. The van der Waals surface area contributed by atoms with Crippen molar-refractivity contribution in [2.75, 3.05) is 20.3 Å². The smallest absolute Gasteiger partial charge is 0.254 e. The van der Waals surface area contributed by atoms with Crippen molar-refractivity contribution in [2.24, 2.45) is 0 Å². The summed E-state index contributed by atoms with van der Waals surface area (Å²) in [5.74, 6) is -0.0407. The van der Waals surface area contributed by atoms with Crippen LogP contribution in [0.1, 0.15) is 21.6 Å². The molecule has 130 valence electrons. The van der Waals surface area contributed by atoms with Crippen LogP contribution in [0.25, 0.3) is 10.9 Å². The molecule has 0 fully saturated rings. The zero-order valence-corrected chi connectivity index (χ0v) is 15.7. The average molecular weight is 375 g/mol. The first-order chi connectivity index (χ1) is 12.1. The maximum Gasteiger partial charge on any atom is 0.254 e. The molecule has 0 atom stereocenters. The molecular formula is C19H19ClN2O2S. The van der Waals surface area contributed by atoms with Crippen LogP contribution in [-0.2, 0) is 11.3 Å². The van der Waals surface area contributed by atoms with E-state index in [1.165, 1.54) is 0 Å². The first-order valence-electron chi connectivity index (χ1n) is 7.95. The van der Waals surface area contributed by atoms with Crippen LogP contribution in [0.3, 0.4) is 0 Å². The van der Waals surface area contributed by atoms with Crippen LogP contribution in [0.2, 0.25) is 5.02 Å². The van der Waals surface area contributed by atoms with Gasteiger partial charge in [0, 0.05) is 31.3 Å². The Balaban J connectivity index is 2.01. The number of hydrogen-bond acceptors (Lipinski definition) is 4. The number of nitrogens with zero attached hydrogens (tertiary/aromatic N) is 2. The first-order valence-corrected chi connectivity index (χ1v) is 9.27. The SMILES string of the molecule is COCCN(Cc1ccsc1)C(=O)c1cc(C)nc2c(Cl)cccc12. The summed E-state index contributed by atoms with van der Waals surface area (Å²) >= 11 is 7.90. The monoisotopic (exact) mass is 374 g/mol. The fourth-order valence-electron chi connectivity index (χ4n) is 2.75. The minimum atomic E-state index is -0.0407. The third-order valence-electron chi connectivity index (χ3n) is 3.95. The Labute approximate surface area is 156 Å². The first kappa shape index (κ1) is 17.9. The van der Waals surface area contributed by atoms with Crippen LogP contribution in [0, 0.1) is 6.92 Å². The highest BCUT2D eigenvalue weighted by molar-refractivity contribution is 7.07. The van der Waals surface area contributed by atoms with E-state index in [-0.39, 0.29) is 5.91 Å². The van der Waals surface area contributed by atoms with Gasteiger partial charge >= 0.3 is 0 Å². The van der Waals surface area contributed by atoms with Crippen LogP contribution in [0.4, 0.5) is 0 Å². The molecule has 0 aliphatic rings. The molecule has 0 bridgehead atoms. The number of amides is 1. The topological polar surface area (TPSA) is 42.4 Å². The highest BCUT2D eigenvalue weighted by Gasteiger charge is 2.20. The molecule has 0 N–H and O–H groups in total. The van der Waals surface area contributed by atoms with Gasteiger partial charge < -0.3 is 9.64 Å². The number of aryl methyl sites for hydroxylation is 1. The Morgan fingerprint density at radius 3 is 2.92 bits per heavy atom. The number of hydrogen-bond donors (Lipinski definition) is 0. The van der Waals surface area contributed by atoms with Crippen LogP contribution >= 0.6 is 22.9 Å². The Morgan fingerprint density at radius 2 is 2.20 bits per heavy atom. The van der Waals surface area contributed by atoms with Gasteiger partial charge in [0.25, 0.3) is 5.91 Å². The summed E-state index contributed by atoms with van der Waals surface area (Å²) in [6.07, 6.45) is 0. The molecule has 1 amide bonds. The third-order valence-corrected chi connectivity index (χ3v) is 4.99. The number of halogens is 1. The van der Waals surface area contributed by atoms with Crippen LogP contribution in [-0.4, -0.2) is 36.1 Å². The summed E-state index contributed by atoms with van der Waals surface area (Å²) in [7, 11) is 1.64. The second-order valence-corrected chi connectivity index (χ2v) is 6.99. The number of methoxy groups -OCH3 is 1. The fraction of sp³-hybridized carbons (Fsp3) is 0.263. The largest absolute Gasteiger partial charge is 0.383 e. The molecule has 0 radical (unpaired) electrons. The minimum Gasteiger partial charge on any atom is -0.383 e. The highest BCUT2D eigenvalue weighted by Crippen LogP contribution is 2.26. The standard InChI is InChI=1S/C19H19ClN2O2S/c1-13-10-16(15-4-3-5-17(20)18(15)21-13)19(23)22(7-8-24-2)11-14-6-9-25-12-14/h3-6,9-10,12H,7-8,11H2,1-2H3. The Kier molecular flexibility index (Phi) is 5.68. The summed E-state index contributed by atoms with van der Waals surface area (Å²) in [6.45, 7) is 3.43. The normalized spacial score (nSPS) is 11.0. The maximum atomic E-state index is 13.3. The summed E-state index contributed by atoms with van der Waals surface area (Å²) in [5.41, 5.74) is 3.17. The summed E-state index contributed by atoms with van der Waals surface area (Å²) in [6, 6.07) is 9.38. The van der Waals surface area contributed by atoms with E-state index in [9.17, 15) is 4.79 Å². The molecule has 0 spiro atoms. The van der Waals surface area contributed by atoms with Crippen LogP contribution in [0.5, 0.6) is 0 Å². The lowest BCUT2D eigenvalue weighted by Gasteiger charge is -2.23. The van der Waals surface area contributed by atoms with Gasteiger partial charge in [-0.05, 0) is 41.4 Å². The number of fused-ring (bicyclic) bond motifs is 1. The lowest BCUT2D eigenvalue weighted by Crippen LogP contribution is -2.33. The molecule has 0 aliphatic heterocycles. The van der Waals surface area contributed by atoms with Crippen molar-refractivity contribution in [3.05, 3.63) is 62.9 Å². The predicted octanol–water partition coefficient (Wildman–Crippen LogP) is 4.55. The van der Waals surface area contributed by atoms with E-state index in [2.05, 4.69) is 10.4 Å². The number of carbonyl (C=O) groups excluding carboxylic acids is 1. The van der Waals surface area contributed by atoms with Gasteiger partial charge in [-0.1, -0.05) is 23.7 Å². The molecule has 0 aliphatic carbocycles. The summed E-state index contributed by atoms with van der Waals surface area (Å²) < 4.78 is 5.18. The zero-order valence-electron chi connectivity index (χ0n) is 14.2. The fourth-order valence-corrected chi connectivity index (χ4v) is 3.62. The van der Waals surface area contributed by atoms with Crippen molar-refractivity contribution < 1.29 is 9.53 Å². The minimum absolute atomic E-state index is 0.0407. The number of aromatic nitrogens is 1.